The van der Waals surface area contributed by atoms with E-state index in [0.29, 0.717) is 24.4 Å². The molecule has 0 aliphatic heterocycles. The Kier molecular flexibility index (Phi) is 4.84. The number of benzene rings is 1. The van der Waals surface area contributed by atoms with E-state index >= 15 is 0 Å². The summed E-state index contributed by atoms with van der Waals surface area (Å²) >= 11 is 1.62. The second-order valence-electron chi connectivity index (χ2n) is 4.83. The monoisotopic (exact) mass is 292 g/mol. The number of nitrogens with one attached hydrogen (secondary N) is 1. The zero-order valence-electron chi connectivity index (χ0n) is 11.5. The SMILES string of the molecule is CC(C)c1csc(CCNC(=O)c2ccc(F)cc2)n1. The summed E-state index contributed by atoms with van der Waals surface area (Å²) in [6, 6.07) is 5.52. The van der Waals surface area contributed by atoms with Gasteiger partial charge in [0, 0.05) is 23.9 Å². The summed E-state index contributed by atoms with van der Waals surface area (Å²) in [7, 11) is 0. The smallest absolute Gasteiger partial charge is 0.251 e. The summed E-state index contributed by atoms with van der Waals surface area (Å²) in [5.41, 5.74) is 1.56. The molecule has 20 heavy (non-hydrogen) atoms. The molecule has 1 aromatic carbocycles. The molecule has 2 aromatic rings. The van der Waals surface area contributed by atoms with Gasteiger partial charge in [-0.3, -0.25) is 4.79 Å². The Morgan fingerprint density at radius 1 is 1.35 bits per heavy atom. The van der Waals surface area contributed by atoms with Gasteiger partial charge in [0.25, 0.3) is 5.91 Å². The molecule has 1 heterocycles. The highest BCUT2D eigenvalue weighted by Gasteiger charge is 2.07. The number of hydrogen-bond acceptors (Lipinski definition) is 3. The van der Waals surface area contributed by atoms with E-state index in [0.717, 1.165) is 10.7 Å². The maximum atomic E-state index is 12.8. The van der Waals surface area contributed by atoms with Crippen LogP contribution in [-0.4, -0.2) is 17.4 Å². The van der Waals surface area contributed by atoms with Crippen LogP contribution in [0.4, 0.5) is 4.39 Å². The van der Waals surface area contributed by atoms with Gasteiger partial charge < -0.3 is 5.32 Å². The minimum absolute atomic E-state index is 0.189. The molecule has 0 spiro atoms. The summed E-state index contributed by atoms with van der Waals surface area (Å²) in [6.07, 6.45) is 0.713. The van der Waals surface area contributed by atoms with Gasteiger partial charge >= 0.3 is 0 Å². The normalized spacial score (nSPS) is 10.8. The number of thiazole rings is 1. The molecule has 0 atom stereocenters. The average molecular weight is 292 g/mol. The van der Waals surface area contributed by atoms with Crippen LogP contribution in [0, 0.1) is 5.82 Å². The Morgan fingerprint density at radius 2 is 2.05 bits per heavy atom. The van der Waals surface area contributed by atoms with Crippen LogP contribution in [0.2, 0.25) is 0 Å². The lowest BCUT2D eigenvalue weighted by Crippen LogP contribution is -2.25. The van der Waals surface area contributed by atoms with Crippen molar-refractivity contribution in [3.05, 3.63) is 51.7 Å². The van der Waals surface area contributed by atoms with Crippen LogP contribution in [-0.2, 0) is 6.42 Å². The maximum Gasteiger partial charge on any atom is 0.251 e. The van der Waals surface area contributed by atoms with E-state index in [-0.39, 0.29) is 11.7 Å². The third kappa shape index (κ3) is 3.87. The fourth-order valence-electron chi connectivity index (χ4n) is 1.69. The van der Waals surface area contributed by atoms with Crippen LogP contribution in [0.25, 0.3) is 0 Å². The van der Waals surface area contributed by atoms with Crippen LogP contribution < -0.4 is 5.32 Å². The van der Waals surface area contributed by atoms with Crippen molar-refractivity contribution >= 4 is 17.2 Å². The van der Waals surface area contributed by atoms with E-state index in [9.17, 15) is 9.18 Å². The summed E-state index contributed by atoms with van der Waals surface area (Å²) in [5.74, 6) is -0.106. The van der Waals surface area contributed by atoms with Crippen molar-refractivity contribution in [3.8, 4) is 0 Å². The highest BCUT2D eigenvalue weighted by molar-refractivity contribution is 7.09. The number of hydrogen-bond donors (Lipinski definition) is 1. The van der Waals surface area contributed by atoms with Crippen molar-refractivity contribution in [2.45, 2.75) is 26.2 Å². The number of carbonyl (C=O) groups excluding carboxylic acids is 1. The van der Waals surface area contributed by atoms with Crippen LogP contribution in [0.3, 0.4) is 0 Å². The predicted molar refractivity (Wildman–Crippen MR) is 78.6 cm³/mol. The van der Waals surface area contributed by atoms with Gasteiger partial charge in [0.05, 0.1) is 10.7 Å². The molecular formula is C15H17FN2OS. The van der Waals surface area contributed by atoms with Gasteiger partial charge in [-0.1, -0.05) is 13.8 Å². The molecule has 0 saturated carbocycles. The van der Waals surface area contributed by atoms with Crippen molar-refractivity contribution in [3.63, 3.8) is 0 Å². The molecule has 0 unspecified atom stereocenters. The summed E-state index contributed by atoms with van der Waals surface area (Å²) < 4.78 is 12.8. The van der Waals surface area contributed by atoms with E-state index in [1.54, 1.807) is 11.3 Å². The molecule has 1 aromatic heterocycles. The quantitative estimate of drug-likeness (QED) is 0.918. The van der Waals surface area contributed by atoms with E-state index in [2.05, 4.69) is 29.5 Å². The predicted octanol–water partition coefficient (Wildman–Crippen LogP) is 3.38. The van der Waals surface area contributed by atoms with Crippen molar-refractivity contribution in [2.24, 2.45) is 0 Å². The Hall–Kier alpha value is -1.75. The molecular weight excluding hydrogens is 275 g/mol. The van der Waals surface area contributed by atoms with E-state index in [4.69, 9.17) is 0 Å². The van der Waals surface area contributed by atoms with Crippen molar-refractivity contribution < 1.29 is 9.18 Å². The molecule has 106 valence electrons. The summed E-state index contributed by atoms with van der Waals surface area (Å²) in [5, 5.41) is 5.89. The lowest BCUT2D eigenvalue weighted by atomic mass is 10.2. The molecule has 3 nitrogen and oxygen atoms in total. The molecule has 0 fully saturated rings. The molecule has 0 aliphatic rings. The third-order valence-electron chi connectivity index (χ3n) is 2.89. The van der Waals surface area contributed by atoms with Gasteiger partial charge in [-0.15, -0.1) is 11.3 Å². The van der Waals surface area contributed by atoms with Gasteiger partial charge in [-0.05, 0) is 30.2 Å². The summed E-state index contributed by atoms with van der Waals surface area (Å²) in [4.78, 5) is 16.3. The minimum atomic E-state index is -0.342. The highest BCUT2D eigenvalue weighted by Crippen LogP contribution is 2.17. The average Bonchev–Trinajstić information content (AvgIpc) is 2.88. The Labute approximate surface area is 121 Å². The molecule has 0 saturated heterocycles. The number of carbonyl (C=O) groups is 1. The van der Waals surface area contributed by atoms with Crippen LogP contribution in [0.5, 0.6) is 0 Å². The first kappa shape index (κ1) is 14.7. The fourth-order valence-corrected chi connectivity index (χ4v) is 2.65. The molecule has 1 N–H and O–H groups in total. The third-order valence-corrected chi connectivity index (χ3v) is 3.82. The van der Waals surface area contributed by atoms with E-state index in [1.165, 1.54) is 24.3 Å². The first-order valence-electron chi connectivity index (χ1n) is 6.54. The second-order valence-corrected chi connectivity index (χ2v) is 5.78. The van der Waals surface area contributed by atoms with Crippen molar-refractivity contribution in [1.82, 2.24) is 10.3 Å². The lowest BCUT2D eigenvalue weighted by Gasteiger charge is -2.04. The number of nitrogens with zero attached hydrogens (tertiary/aromatic N) is 1. The fraction of sp³-hybridized carbons (Fsp3) is 0.333. The topological polar surface area (TPSA) is 42.0 Å². The zero-order chi connectivity index (χ0) is 14.5. The Balaban J connectivity index is 1.83. The van der Waals surface area contributed by atoms with Crippen molar-refractivity contribution in [2.75, 3.05) is 6.54 Å². The number of rotatable bonds is 5. The van der Waals surface area contributed by atoms with E-state index in [1.807, 2.05) is 0 Å². The van der Waals surface area contributed by atoms with Gasteiger partial charge in [0.1, 0.15) is 5.82 Å². The van der Waals surface area contributed by atoms with Gasteiger partial charge in [0.2, 0.25) is 0 Å². The van der Waals surface area contributed by atoms with Gasteiger partial charge in [-0.2, -0.15) is 0 Å². The number of aromatic nitrogens is 1. The molecule has 5 heteroatoms. The Morgan fingerprint density at radius 3 is 2.65 bits per heavy atom. The molecule has 0 radical (unpaired) electrons. The number of halogens is 1. The van der Waals surface area contributed by atoms with Gasteiger partial charge in [0.15, 0.2) is 0 Å². The minimum Gasteiger partial charge on any atom is -0.352 e. The molecule has 2 rings (SSSR count). The molecule has 1 amide bonds. The maximum absolute atomic E-state index is 12.8. The highest BCUT2D eigenvalue weighted by atomic mass is 32.1. The first-order chi connectivity index (χ1) is 9.56. The first-order valence-corrected chi connectivity index (χ1v) is 7.42. The molecule has 0 bridgehead atoms. The second kappa shape index (κ2) is 6.61. The number of amides is 1. The van der Waals surface area contributed by atoms with Gasteiger partial charge in [-0.25, -0.2) is 9.37 Å². The van der Waals surface area contributed by atoms with Crippen molar-refractivity contribution in [1.29, 1.82) is 0 Å². The standard InChI is InChI=1S/C15H17FN2OS/c1-10(2)13-9-20-14(18-13)7-8-17-15(19)11-3-5-12(16)6-4-11/h3-6,9-10H,7-8H2,1-2H3,(H,17,19). The van der Waals surface area contributed by atoms with Crippen LogP contribution in [0.15, 0.2) is 29.6 Å². The largest absolute Gasteiger partial charge is 0.352 e. The van der Waals surface area contributed by atoms with E-state index < -0.39 is 0 Å². The molecule has 0 aliphatic carbocycles. The summed E-state index contributed by atoms with van der Waals surface area (Å²) in [6.45, 7) is 4.74. The Bertz CT molecular complexity index is 578. The van der Waals surface area contributed by atoms with Crippen LogP contribution >= 0.6 is 11.3 Å². The lowest BCUT2D eigenvalue weighted by molar-refractivity contribution is 0.0954. The van der Waals surface area contributed by atoms with Crippen LogP contribution in [0.1, 0.15) is 40.8 Å². The zero-order valence-corrected chi connectivity index (χ0v) is 12.3.